The number of carbonyl (C=O) groups excluding carboxylic acids is 1. The van der Waals surface area contributed by atoms with Crippen LogP contribution in [0.4, 0.5) is 0 Å². The monoisotopic (exact) mass is 281 g/mol. The molecular formula is C16H31N3O. The Hall–Kier alpha value is -0.610. The predicted octanol–water partition coefficient (Wildman–Crippen LogP) is 2.05. The van der Waals surface area contributed by atoms with Crippen LogP contribution in [0.5, 0.6) is 0 Å². The highest BCUT2D eigenvalue weighted by Gasteiger charge is 2.41. The Morgan fingerprint density at radius 3 is 2.50 bits per heavy atom. The molecule has 0 aromatic carbocycles. The summed E-state index contributed by atoms with van der Waals surface area (Å²) in [6, 6.07) is 0.434. The van der Waals surface area contributed by atoms with Gasteiger partial charge in [-0.15, -0.1) is 0 Å². The normalized spacial score (nSPS) is 29.6. The van der Waals surface area contributed by atoms with E-state index in [0.29, 0.717) is 17.9 Å². The van der Waals surface area contributed by atoms with Gasteiger partial charge in [-0.25, -0.2) is 0 Å². The van der Waals surface area contributed by atoms with Gasteiger partial charge in [0.05, 0.1) is 12.2 Å². The van der Waals surface area contributed by atoms with Gasteiger partial charge in [0, 0.05) is 19.1 Å². The van der Waals surface area contributed by atoms with Crippen LogP contribution in [0.15, 0.2) is 0 Å². The minimum absolute atomic E-state index is 0.00702. The molecule has 2 aliphatic heterocycles. The summed E-state index contributed by atoms with van der Waals surface area (Å²) in [5.41, 5.74) is 0. The van der Waals surface area contributed by atoms with Crippen LogP contribution in [0.1, 0.15) is 53.4 Å². The van der Waals surface area contributed by atoms with Crippen molar-refractivity contribution in [2.24, 2.45) is 5.92 Å². The predicted molar refractivity (Wildman–Crippen MR) is 82.4 cm³/mol. The third-order valence-electron chi connectivity index (χ3n) is 4.59. The van der Waals surface area contributed by atoms with Gasteiger partial charge >= 0.3 is 0 Å². The zero-order chi connectivity index (χ0) is 14.7. The first-order valence-corrected chi connectivity index (χ1v) is 8.33. The van der Waals surface area contributed by atoms with Crippen molar-refractivity contribution in [2.45, 2.75) is 71.6 Å². The van der Waals surface area contributed by atoms with Crippen molar-refractivity contribution in [1.82, 2.24) is 15.1 Å². The number of carbonyl (C=O) groups is 1. The van der Waals surface area contributed by atoms with Crippen LogP contribution in [-0.2, 0) is 4.79 Å². The van der Waals surface area contributed by atoms with Gasteiger partial charge in [0.15, 0.2) is 0 Å². The van der Waals surface area contributed by atoms with Crippen LogP contribution in [0, 0.1) is 5.92 Å². The molecule has 0 bridgehead atoms. The fourth-order valence-corrected chi connectivity index (χ4v) is 3.62. The maximum absolute atomic E-state index is 12.5. The number of nitrogens with one attached hydrogen (secondary N) is 1. The molecule has 0 aliphatic carbocycles. The van der Waals surface area contributed by atoms with Crippen molar-refractivity contribution in [3.8, 4) is 0 Å². The van der Waals surface area contributed by atoms with Crippen LogP contribution < -0.4 is 5.32 Å². The molecule has 1 N–H and O–H groups in total. The molecule has 0 aromatic heterocycles. The van der Waals surface area contributed by atoms with Crippen molar-refractivity contribution in [3.63, 3.8) is 0 Å². The molecule has 2 heterocycles. The van der Waals surface area contributed by atoms with Gasteiger partial charge < -0.3 is 9.80 Å². The first-order chi connectivity index (χ1) is 9.52. The topological polar surface area (TPSA) is 35.6 Å². The van der Waals surface area contributed by atoms with Crippen molar-refractivity contribution >= 4 is 5.91 Å². The summed E-state index contributed by atoms with van der Waals surface area (Å²) in [6.45, 7) is 12.2. The van der Waals surface area contributed by atoms with E-state index < -0.39 is 0 Å². The van der Waals surface area contributed by atoms with Gasteiger partial charge in [-0.1, -0.05) is 20.8 Å². The third-order valence-corrected chi connectivity index (χ3v) is 4.59. The molecule has 0 aromatic rings. The Bertz CT molecular complexity index is 324. The minimum Gasteiger partial charge on any atom is -0.323 e. The number of hydrogen-bond donors (Lipinski definition) is 1. The lowest BCUT2D eigenvalue weighted by molar-refractivity contribution is -0.133. The molecule has 20 heavy (non-hydrogen) atoms. The zero-order valence-electron chi connectivity index (χ0n) is 13.6. The summed E-state index contributed by atoms with van der Waals surface area (Å²) in [4.78, 5) is 17.2. The molecule has 0 saturated carbocycles. The Morgan fingerprint density at radius 1 is 1.30 bits per heavy atom. The molecule has 2 rings (SSSR count). The minimum atomic E-state index is -0.00702. The SMILES string of the molecule is CCCN1CCC(N2C(=O)C(C)NC2CC(C)C)CC1. The highest BCUT2D eigenvalue weighted by Crippen LogP contribution is 2.25. The number of amides is 1. The largest absolute Gasteiger partial charge is 0.323 e. The Kier molecular flexibility index (Phi) is 5.44. The molecule has 2 fully saturated rings. The molecule has 2 aliphatic rings. The van der Waals surface area contributed by atoms with Gasteiger partial charge in [-0.2, -0.15) is 0 Å². The third kappa shape index (κ3) is 3.53. The molecule has 116 valence electrons. The van der Waals surface area contributed by atoms with Crippen LogP contribution in [-0.4, -0.2) is 53.6 Å². The average molecular weight is 281 g/mol. The highest BCUT2D eigenvalue weighted by atomic mass is 16.2. The van der Waals surface area contributed by atoms with E-state index in [1.165, 1.54) is 13.0 Å². The number of hydrogen-bond acceptors (Lipinski definition) is 3. The Balaban J connectivity index is 1.96. The lowest BCUT2D eigenvalue weighted by Gasteiger charge is -2.39. The summed E-state index contributed by atoms with van der Waals surface area (Å²) >= 11 is 0. The van der Waals surface area contributed by atoms with Crippen molar-refractivity contribution < 1.29 is 4.79 Å². The smallest absolute Gasteiger partial charge is 0.240 e. The van der Waals surface area contributed by atoms with E-state index in [9.17, 15) is 4.79 Å². The van der Waals surface area contributed by atoms with Crippen molar-refractivity contribution in [2.75, 3.05) is 19.6 Å². The first-order valence-electron chi connectivity index (χ1n) is 8.33. The van der Waals surface area contributed by atoms with Crippen LogP contribution in [0.25, 0.3) is 0 Å². The summed E-state index contributed by atoms with van der Waals surface area (Å²) in [7, 11) is 0. The molecule has 4 nitrogen and oxygen atoms in total. The average Bonchev–Trinajstić information content (AvgIpc) is 2.66. The summed E-state index contributed by atoms with van der Waals surface area (Å²) in [6.07, 6.45) is 4.80. The van der Waals surface area contributed by atoms with E-state index in [1.54, 1.807) is 0 Å². The van der Waals surface area contributed by atoms with Gasteiger partial charge in [-0.3, -0.25) is 10.1 Å². The standard InChI is InChI=1S/C16H31N3O/c1-5-8-18-9-6-14(7-10-18)19-15(11-12(2)3)17-13(4)16(19)20/h12-15,17H,5-11H2,1-4H3. The van der Waals surface area contributed by atoms with Gasteiger partial charge in [0.25, 0.3) is 0 Å². The Labute approximate surface area is 123 Å². The van der Waals surface area contributed by atoms with Crippen LogP contribution in [0.3, 0.4) is 0 Å². The van der Waals surface area contributed by atoms with Crippen molar-refractivity contribution in [1.29, 1.82) is 0 Å². The maximum atomic E-state index is 12.5. The lowest BCUT2D eigenvalue weighted by atomic mass is 10.0. The Morgan fingerprint density at radius 2 is 1.95 bits per heavy atom. The second-order valence-corrected chi connectivity index (χ2v) is 6.85. The summed E-state index contributed by atoms with van der Waals surface area (Å²) in [5.74, 6) is 0.929. The first kappa shape index (κ1) is 15.8. The lowest BCUT2D eigenvalue weighted by Crippen LogP contribution is -2.50. The fraction of sp³-hybridized carbons (Fsp3) is 0.938. The molecule has 0 radical (unpaired) electrons. The summed E-state index contributed by atoms with van der Waals surface area (Å²) < 4.78 is 0. The number of nitrogens with zero attached hydrogens (tertiary/aromatic N) is 2. The molecule has 2 unspecified atom stereocenters. The van der Waals surface area contributed by atoms with E-state index >= 15 is 0 Å². The molecule has 2 saturated heterocycles. The van der Waals surface area contributed by atoms with E-state index in [1.807, 2.05) is 6.92 Å². The van der Waals surface area contributed by atoms with Crippen LogP contribution in [0.2, 0.25) is 0 Å². The van der Waals surface area contributed by atoms with Gasteiger partial charge in [0.1, 0.15) is 0 Å². The molecule has 4 heteroatoms. The molecule has 1 amide bonds. The van der Waals surface area contributed by atoms with Gasteiger partial charge in [-0.05, 0) is 45.1 Å². The number of likely N-dealkylation sites (tertiary alicyclic amines) is 1. The van der Waals surface area contributed by atoms with E-state index in [4.69, 9.17) is 0 Å². The quantitative estimate of drug-likeness (QED) is 0.838. The molecular weight excluding hydrogens is 250 g/mol. The summed E-state index contributed by atoms with van der Waals surface area (Å²) in [5, 5.41) is 3.48. The fourth-order valence-electron chi connectivity index (χ4n) is 3.62. The second kappa shape index (κ2) is 6.90. The zero-order valence-corrected chi connectivity index (χ0v) is 13.6. The van der Waals surface area contributed by atoms with Crippen LogP contribution >= 0.6 is 0 Å². The van der Waals surface area contributed by atoms with E-state index in [2.05, 4.69) is 35.9 Å². The number of piperidine rings is 1. The van der Waals surface area contributed by atoms with E-state index in [0.717, 1.165) is 32.4 Å². The van der Waals surface area contributed by atoms with Crippen molar-refractivity contribution in [3.05, 3.63) is 0 Å². The van der Waals surface area contributed by atoms with E-state index in [-0.39, 0.29) is 12.2 Å². The molecule has 2 atom stereocenters. The maximum Gasteiger partial charge on any atom is 0.240 e. The van der Waals surface area contributed by atoms with Gasteiger partial charge in [0.2, 0.25) is 5.91 Å². The number of rotatable bonds is 5. The second-order valence-electron chi connectivity index (χ2n) is 6.85. The highest BCUT2D eigenvalue weighted by molar-refractivity contribution is 5.84. The molecule has 0 spiro atoms.